The molecule has 2 bridgehead atoms. The molecule has 0 spiro atoms. The molecule has 2 rings (SSSR count). The molecule has 0 aromatic heterocycles. The first-order valence-corrected chi connectivity index (χ1v) is 4.87. The molecule has 3 atom stereocenters. The highest BCUT2D eigenvalue weighted by Gasteiger charge is 2.60. The van der Waals surface area contributed by atoms with Crippen LogP contribution in [0.2, 0.25) is 0 Å². The number of hydrogen-bond donors (Lipinski definition) is 1. The van der Waals surface area contributed by atoms with Gasteiger partial charge in [-0.1, -0.05) is 13.8 Å². The maximum atomic E-state index is 9.88. The summed E-state index contributed by atoms with van der Waals surface area (Å²) < 4.78 is 5.97. The van der Waals surface area contributed by atoms with Crippen molar-refractivity contribution in [1.29, 1.82) is 0 Å². The van der Waals surface area contributed by atoms with Crippen LogP contribution in [0.1, 0.15) is 40.0 Å². The second-order valence-corrected chi connectivity index (χ2v) is 4.88. The van der Waals surface area contributed by atoms with Gasteiger partial charge in [0.05, 0.1) is 17.3 Å². The van der Waals surface area contributed by atoms with Gasteiger partial charge in [-0.2, -0.15) is 0 Å². The standard InChI is InChI=1S/C10H18O2/c1-7(2)10-5-4-9(3,12-10)6-8(10)11/h7-8,11H,4-6H2,1-3H3/t8-,9?,10?/m0/s1. The second-order valence-electron chi connectivity index (χ2n) is 4.88. The molecular formula is C10H18O2. The maximum absolute atomic E-state index is 9.88. The van der Waals surface area contributed by atoms with Gasteiger partial charge in [0.25, 0.3) is 0 Å². The van der Waals surface area contributed by atoms with Crippen molar-refractivity contribution < 1.29 is 9.84 Å². The van der Waals surface area contributed by atoms with Gasteiger partial charge in [0.2, 0.25) is 0 Å². The maximum Gasteiger partial charge on any atom is 0.0972 e. The third-order valence-corrected chi connectivity index (χ3v) is 3.65. The summed E-state index contributed by atoms with van der Waals surface area (Å²) in [6, 6.07) is 0. The Balaban J connectivity index is 2.28. The molecule has 12 heavy (non-hydrogen) atoms. The summed E-state index contributed by atoms with van der Waals surface area (Å²) in [4.78, 5) is 0. The van der Waals surface area contributed by atoms with Gasteiger partial charge in [-0.15, -0.1) is 0 Å². The van der Waals surface area contributed by atoms with Gasteiger partial charge < -0.3 is 9.84 Å². The Morgan fingerprint density at radius 1 is 1.42 bits per heavy atom. The molecule has 2 saturated heterocycles. The summed E-state index contributed by atoms with van der Waals surface area (Å²) in [6.07, 6.45) is 2.73. The lowest BCUT2D eigenvalue weighted by atomic mass is 9.75. The molecule has 0 amide bonds. The Labute approximate surface area is 73.9 Å². The molecule has 0 aliphatic carbocycles. The highest BCUT2D eigenvalue weighted by molar-refractivity contribution is 5.09. The van der Waals surface area contributed by atoms with Crippen LogP contribution >= 0.6 is 0 Å². The third kappa shape index (κ3) is 0.882. The smallest absolute Gasteiger partial charge is 0.0972 e. The van der Waals surface area contributed by atoms with Crippen LogP contribution in [0.25, 0.3) is 0 Å². The van der Waals surface area contributed by atoms with E-state index < -0.39 is 0 Å². The Morgan fingerprint density at radius 3 is 2.33 bits per heavy atom. The van der Waals surface area contributed by atoms with Crippen LogP contribution in [0.15, 0.2) is 0 Å². The molecule has 2 aliphatic heterocycles. The van der Waals surface area contributed by atoms with Crippen LogP contribution < -0.4 is 0 Å². The summed E-state index contributed by atoms with van der Waals surface area (Å²) >= 11 is 0. The number of hydrogen-bond acceptors (Lipinski definition) is 2. The van der Waals surface area contributed by atoms with Crippen molar-refractivity contribution in [3.63, 3.8) is 0 Å². The van der Waals surface area contributed by atoms with E-state index in [4.69, 9.17) is 4.74 Å². The van der Waals surface area contributed by atoms with E-state index in [0.29, 0.717) is 5.92 Å². The third-order valence-electron chi connectivity index (χ3n) is 3.65. The van der Waals surface area contributed by atoms with Gasteiger partial charge in [-0.25, -0.2) is 0 Å². The fraction of sp³-hybridized carbons (Fsp3) is 1.00. The highest BCUT2D eigenvalue weighted by Crippen LogP contribution is 2.53. The largest absolute Gasteiger partial charge is 0.390 e. The van der Waals surface area contributed by atoms with Crippen molar-refractivity contribution >= 4 is 0 Å². The van der Waals surface area contributed by atoms with Crippen molar-refractivity contribution in [2.45, 2.75) is 57.3 Å². The zero-order valence-corrected chi connectivity index (χ0v) is 8.13. The Kier molecular flexibility index (Phi) is 1.59. The summed E-state index contributed by atoms with van der Waals surface area (Å²) in [6.45, 7) is 6.40. The summed E-state index contributed by atoms with van der Waals surface area (Å²) in [5, 5.41) is 9.88. The molecule has 1 N–H and O–H groups in total. The highest BCUT2D eigenvalue weighted by atomic mass is 16.6. The van der Waals surface area contributed by atoms with Crippen LogP contribution in [0.3, 0.4) is 0 Å². The van der Waals surface area contributed by atoms with Gasteiger partial charge in [0, 0.05) is 6.42 Å². The van der Waals surface area contributed by atoms with Crippen molar-refractivity contribution in [3.05, 3.63) is 0 Å². The number of aliphatic hydroxyl groups excluding tert-OH is 1. The number of rotatable bonds is 1. The molecule has 0 aromatic carbocycles. The lowest BCUT2D eigenvalue weighted by molar-refractivity contribution is -0.0973. The second kappa shape index (κ2) is 2.24. The van der Waals surface area contributed by atoms with Crippen LogP contribution in [0, 0.1) is 5.92 Å². The first-order valence-electron chi connectivity index (χ1n) is 4.87. The quantitative estimate of drug-likeness (QED) is 0.649. The van der Waals surface area contributed by atoms with Crippen molar-refractivity contribution in [1.82, 2.24) is 0 Å². The number of ether oxygens (including phenoxy) is 1. The monoisotopic (exact) mass is 170 g/mol. The van der Waals surface area contributed by atoms with Gasteiger partial charge in [-0.3, -0.25) is 0 Å². The fourth-order valence-corrected chi connectivity index (χ4v) is 2.77. The van der Waals surface area contributed by atoms with E-state index in [2.05, 4.69) is 20.8 Å². The minimum atomic E-state index is -0.240. The zero-order chi connectivity index (χ0) is 8.98. The van der Waals surface area contributed by atoms with Crippen molar-refractivity contribution in [3.8, 4) is 0 Å². The van der Waals surface area contributed by atoms with E-state index >= 15 is 0 Å². The molecule has 2 heterocycles. The summed E-state index contributed by atoms with van der Waals surface area (Å²) in [7, 11) is 0. The van der Waals surface area contributed by atoms with Crippen LogP contribution in [-0.4, -0.2) is 22.4 Å². The number of aliphatic hydroxyl groups is 1. The van der Waals surface area contributed by atoms with Gasteiger partial charge in [0.1, 0.15) is 0 Å². The van der Waals surface area contributed by atoms with E-state index in [1.807, 2.05) is 0 Å². The van der Waals surface area contributed by atoms with E-state index in [9.17, 15) is 5.11 Å². The lowest BCUT2D eigenvalue weighted by Gasteiger charge is -2.33. The lowest BCUT2D eigenvalue weighted by Crippen LogP contribution is -2.43. The first-order chi connectivity index (χ1) is 5.49. The minimum absolute atomic E-state index is 0.0241. The Bertz CT molecular complexity index is 202. The van der Waals surface area contributed by atoms with Crippen molar-refractivity contribution in [2.24, 2.45) is 5.92 Å². The zero-order valence-electron chi connectivity index (χ0n) is 8.13. The number of fused-ring (bicyclic) bond motifs is 2. The molecule has 0 radical (unpaired) electrons. The van der Waals surface area contributed by atoms with Gasteiger partial charge in [-0.05, 0) is 25.7 Å². The molecule has 70 valence electrons. The van der Waals surface area contributed by atoms with E-state index in [1.165, 1.54) is 0 Å². The first kappa shape index (κ1) is 8.52. The summed E-state index contributed by atoms with van der Waals surface area (Å²) in [5.41, 5.74) is -0.238. The van der Waals surface area contributed by atoms with Gasteiger partial charge in [0.15, 0.2) is 0 Å². The van der Waals surface area contributed by atoms with Gasteiger partial charge >= 0.3 is 0 Å². The Morgan fingerprint density at radius 2 is 2.08 bits per heavy atom. The predicted molar refractivity (Wildman–Crippen MR) is 46.9 cm³/mol. The van der Waals surface area contributed by atoms with Crippen molar-refractivity contribution in [2.75, 3.05) is 0 Å². The molecule has 2 heteroatoms. The Hall–Kier alpha value is -0.0800. The molecule has 0 aromatic rings. The van der Waals surface area contributed by atoms with Crippen LogP contribution in [0.4, 0.5) is 0 Å². The molecule has 2 aliphatic rings. The SMILES string of the molecule is CC(C)C12CCC(C)(C[C@@H]1O)O2. The summed E-state index contributed by atoms with van der Waals surface area (Å²) in [5.74, 6) is 0.428. The van der Waals surface area contributed by atoms with E-state index in [-0.39, 0.29) is 17.3 Å². The average molecular weight is 170 g/mol. The average Bonchev–Trinajstić information content (AvgIpc) is 2.39. The molecule has 2 fully saturated rings. The molecular weight excluding hydrogens is 152 g/mol. The van der Waals surface area contributed by atoms with E-state index in [1.54, 1.807) is 0 Å². The normalized spacial score (nSPS) is 52.2. The van der Waals surface area contributed by atoms with E-state index in [0.717, 1.165) is 19.3 Å². The minimum Gasteiger partial charge on any atom is -0.390 e. The van der Waals surface area contributed by atoms with Crippen LogP contribution in [-0.2, 0) is 4.74 Å². The van der Waals surface area contributed by atoms with Crippen LogP contribution in [0.5, 0.6) is 0 Å². The molecule has 2 nitrogen and oxygen atoms in total. The topological polar surface area (TPSA) is 29.5 Å². The predicted octanol–water partition coefficient (Wildman–Crippen LogP) is 1.71. The fourth-order valence-electron chi connectivity index (χ4n) is 2.77. The molecule has 0 saturated carbocycles. The molecule has 2 unspecified atom stereocenters.